The van der Waals surface area contributed by atoms with Gasteiger partial charge in [-0.15, -0.1) is 11.8 Å². The summed E-state index contributed by atoms with van der Waals surface area (Å²) in [6.07, 6.45) is 6.74. The molecule has 1 aromatic rings. The highest BCUT2D eigenvalue weighted by Gasteiger charge is 2.19. The topological polar surface area (TPSA) is 41.1 Å². The molecule has 0 heterocycles. The zero-order valence-corrected chi connectivity index (χ0v) is 13.1. The predicted molar refractivity (Wildman–Crippen MR) is 86.3 cm³/mol. The van der Waals surface area contributed by atoms with Gasteiger partial charge in [0.05, 0.1) is 6.54 Å². The molecule has 0 aromatic heterocycles. The average Bonchev–Trinajstić information content (AvgIpc) is 2.48. The molecule has 3 nitrogen and oxygen atoms in total. The van der Waals surface area contributed by atoms with Gasteiger partial charge in [-0.25, -0.2) is 0 Å². The first-order chi connectivity index (χ1) is 9.69. The van der Waals surface area contributed by atoms with Crippen molar-refractivity contribution in [3.63, 3.8) is 0 Å². The van der Waals surface area contributed by atoms with Gasteiger partial charge in [0.2, 0.25) is 5.91 Å². The van der Waals surface area contributed by atoms with Crippen LogP contribution in [0.15, 0.2) is 29.2 Å². The molecule has 0 unspecified atom stereocenters. The number of nitrogens with one attached hydrogen (secondary N) is 2. The number of carbonyl (C=O) groups is 1. The van der Waals surface area contributed by atoms with Gasteiger partial charge in [0.15, 0.2) is 0 Å². The summed E-state index contributed by atoms with van der Waals surface area (Å²) in [5.41, 5.74) is 1.03. The summed E-state index contributed by atoms with van der Waals surface area (Å²) in [7, 11) is 0. The van der Waals surface area contributed by atoms with Crippen molar-refractivity contribution in [1.82, 2.24) is 5.32 Å². The molecule has 1 saturated carbocycles. The molecule has 0 atom stereocenters. The highest BCUT2D eigenvalue weighted by Crippen LogP contribution is 2.25. The molecule has 1 aliphatic rings. The van der Waals surface area contributed by atoms with Crippen LogP contribution in [0.25, 0.3) is 0 Å². The van der Waals surface area contributed by atoms with Crippen LogP contribution in [0, 0.1) is 5.92 Å². The van der Waals surface area contributed by atoms with Gasteiger partial charge in [-0.1, -0.05) is 19.1 Å². The number of para-hydroxylation sites is 1. The Morgan fingerprint density at radius 3 is 2.65 bits per heavy atom. The van der Waals surface area contributed by atoms with Crippen molar-refractivity contribution in [2.45, 2.75) is 43.5 Å². The third kappa shape index (κ3) is 4.44. The molecule has 0 aliphatic heterocycles. The molecular weight excluding hydrogens is 268 g/mol. The average molecular weight is 292 g/mol. The predicted octanol–water partition coefficient (Wildman–Crippen LogP) is 3.52. The summed E-state index contributed by atoms with van der Waals surface area (Å²) < 4.78 is 0. The number of benzene rings is 1. The number of hydrogen-bond donors (Lipinski definition) is 2. The van der Waals surface area contributed by atoms with E-state index in [4.69, 9.17) is 0 Å². The number of carbonyl (C=O) groups excluding carboxylic acids is 1. The highest BCUT2D eigenvalue weighted by atomic mass is 32.2. The minimum atomic E-state index is 0.0976. The summed E-state index contributed by atoms with van der Waals surface area (Å²) in [4.78, 5) is 13.2. The van der Waals surface area contributed by atoms with E-state index in [0.29, 0.717) is 12.6 Å². The van der Waals surface area contributed by atoms with Gasteiger partial charge in [0.1, 0.15) is 0 Å². The van der Waals surface area contributed by atoms with Gasteiger partial charge in [-0.2, -0.15) is 0 Å². The van der Waals surface area contributed by atoms with E-state index in [1.165, 1.54) is 17.7 Å². The Morgan fingerprint density at radius 1 is 1.25 bits per heavy atom. The highest BCUT2D eigenvalue weighted by molar-refractivity contribution is 7.98. The third-order valence-electron chi connectivity index (χ3n) is 3.93. The lowest BCUT2D eigenvalue weighted by molar-refractivity contribution is -0.120. The van der Waals surface area contributed by atoms with Crippen LogP contribution >= 0.6 is 11.8 Å². The lowest BCUT2D eigenvalue weighted by Gasteiger charge is -2.27. The lowest BCUT2D eigenvalue weighted by Crippen LogP contribution is -2.40. The van der Waals surface area contributed by atoms with Crippen LogP contribution in [0.3, 0.4) is 0 Å². The van der Waals surface area contributed by atoms with E-state index in [2.05, 4.69) is 23.6 Å². The van der Waals surface area contributed by atoms with Gasteiger partial charge in [-0.3, -0.25) is 4.79 Å². The Balaban J connectivity index is 1.77. The minimum absolute atomic E-state index is 0.0976. The largest absolute Gasteiger partial charge is 0.375 e. The summed E-state index contributed by atoms with van der Waals surface area (Å²) in [5, 5.41) is 6.37. The molecule has 20 heavy (non-hydrogen) atoms. The molecule has 1 amide bonds. The smallest absolute Gasteiger partial charge is 0.239 e. The summed E-state index contributed by atoms with van der Waals surface area (Å²) in [5.74, 6) is 0.912. The van der Waals surface area contributed by atoms with Crippen LogP contribution in [0.5, 0.6) is 0 Å². The molecule has 2 N–H and O–H groups in total. The van der Waals surface area contributed by atoms with Gasteiger partial charge in [0, 0.05) is 16.6 Å². The molecule has 0 spiro atoms. The molecule has 1 aromatic carbocycles. The van der Waals surface area contributed by atoms with Crippen LogP contribution < -0.4 is 10.6 Å². The number of rotatable bonds is 5. The maximum atomic E-state index is 12.0. The quantitative estimate of drug-likeness (QED) is 0.816. The summed E-state index contributed by atoms with van der Waals surface area (Å²) >= 11 is 1.69. The Bertz CT molecular complexity index is 442. The van der Waals surface area contributed by atoms with Gasteiger partial charge in [-0.05, 0) is 50.0 Å². The Hall–Kier alpha value is -1.16. The maximum absolute atomic E-state index is 12.0. The molecule has 2 rings (SSSR count). The first kappa shape index (κ1) is 15.2. The van der Waals surface area contributed by atoms with Crippen LogP contribution in [-0.2, 0) is 4.79 Å². The molecule has 0 saturated heterocycles. The van der Waals surface area contributed by atoms with Crippen LogP contribution in [0.1, 0.15) is 32.6 Å². The van der Waals surface area contributed by atoms with E-state index in [0.717, 1.165) is 24.4 Å². The van der Waals surface area contributed by atoms with Crippen molar-refractivity contribution in [3.8, 4) is 0 Å². The summed E-state index contributed by atoms with van der Waals surface area (Å²) in [6, 6.07) is 8.45. The Kier molecular flexibility index (Phi) is 5.77. The van der Waals surface area contributed by atoms with Crippen molar-refractivity contribution in [2.75, 3.05) is 18.1 Å². The Labute approximate surface area is 125 Å². The monoisotopic (exact) mass is 292 g/mol. The first-order valence-corrected chi connectivity index (χ1v) is 8.57. The normalized spacial score (nSPS) is 22.3. The van der Waals surface area contributed by atoms with Crippen molar-refractivity contribution in [1.29, 1.82) is 0 Å². The second kappa shape index (κ2) is 7.58. The van der Waals surface area contributed by atoms with E-state index in [1.54, 1.807) is 11.8 Å². The standard InChI is InChI=1S/C16H24N2OS/c1-12-7-9-13(10-8-12)18-16(19)11-17-14-5-3-4-6-15(14)20-2/h3-6,12-13,17H,7-11H2,1-2H3,(H,18,19). The van der Waals surface area contributed by atoms with E-state index >= 15 is 0 Å². The van der Waals surface area contributed by atoms with E-state index in [1.807, 2.05) is 24.5 Å². The Morgan fingerprint density at radius 2 is 1.95 bits per heavy atom. The molecule has 110 valence electrons. The van der Waals surface area contributed by atoms with Crippen molar-refractivity contribution >= 4 is 23.4 Å². The van der Waals surface area contributed by atoms with Gasteiger partial charge >= 0.3 is 0 Å². The second-order valence-electron chi connectivity index (χ2n) is 5.58. The van der Waals surface area contributed by atoms with Gasteiger partial charge in [0.25, 0.3) is 0 Å². The number of amides is 1. The minimum Gasteiger partial charge on any atom is -0.375 e. The summed E-state index contributed by atoms with van der Waals surface area (Å²) in [6.45, 7) is 2.64. The van der Waals surface area contributed by atoms with Crippen molar-refractivity contribution in [2.24, 2.45) is 5.92 Å². The van der Waals surface area contributed by atoms with Crippen molar-refractivity contribution in [3.05, 3.63) is 24.3 Å². The third-order valence-corrected chi connectivity index (χ3v) is 4.72. The van der Waals surface area contributed by atoms with Crippen LogP contribution in [0.2, 0.25) is 0 Å². The molecule has 0 radical (unpaired) electrons. The SMILES string of the molecule is CSc1ccccc1NCC(=O)NC1CCC(C)CC1. The molecule has 1 aliphatic carbocycles. The zero-order chi connectivity index (χ0) is 14.4. The molecular formula is C16H24N2OS. The fourth-order valence-electron chi connectivity index (χ4n) is 2.65. The van der Waals surface area contributed by atoms with E-state index in [-0.39, 0.29) is 5.91 Å². The van der Waals surface area contributed by atoms with Crippen molar-refractivity contribution < 1.29 is 4.79 Å². The zero-order valence-electron chi connectivity index (χ0n) is 12.3. The van der Waals surface area contributed by atoms with Crippen LogP contribution in [0.4, 0.5) is 5.69 Å². The second-order valence-corrected chi connectivity index (χ2v) is 6.43. The van der Waals surface area contributed by atoms with E-state index in [9.17, 15) is 4.79 Å². The fraction of sp³-hybridized carbons (Fsp3) is 0.562. The van der Waals surface area contributed by atoms with Gasteiger partial charge < -0.3 is 10.6 Å². The van der Waals surface area contributed by atoms with Crippen LogP contribution in [-0.4, -0.2) is 24.7 Å². The molecule has 0 bridgehead atoms. The fourth-order valence-corrected chi connectivity index (χ4v) is 3.22. The maximum Gasteiger partial charge on any atom is 0.239 e. The molecule has 1 fully saturated rings. The number of anilines is 1. The molecule has 4 heteroatoms. The number of thioether (sulfide) groups is 1. The van der Waals surface area contributed by atoms with E-state index < -0.39 is 0 Å². The first-order valence-electron chi connectivity index (χ1n) is 7.35. The number of hydrogen-bond acceptors (Lipinski definition) is 3. The lowest BCUT2D eigenvalue weighted by atomic mass is 9.87.